The third-order valence-corrected chi connectivity index (χ3v) is 4.79. The lowest BCUT2D eigenvalue weighted by molar-refractivity contribution is -0.123. The highest BCUT2D eigenvalue weighted by Crippen LogP contribution is 2.24. The fourth-order valence-electron chi connectivity index (χ4n) is 2.89. The monoisotopic (exact) mass is 422 g/mol. The number of rotatable bonds is 8. The van der Waals surface area contributed by atoms with E-state index in [1.807, 2.05) is 55.5 Å². The quantitative estimate of drug-likeness (QED) is 0.543. The Morgan fingerprint density at radius 3 is 2.33 bits per heavy atom. The van der Waals surface area contributed by atoms with Crippen LogP contribution in [0.3, 0.4) is 0 Å². The van der Waals surface area contributed by atoms with Crippen LogP contribution in [0.25, 0.3) is 0 Å². The van der Waals surface area contributed by atoms with Crippen LogP contribution in [-0.2, 0) is 4.79 Å². The van der Waals surface area contributed by atoms with Gasteiger partial charge >= 0.3 is 0 Å². The van der Waals surface area contributed by atoms with Crippen molar-refractivity contribution in [3.8, 4) is 5.75 Å². The average Bonchev–Trinajstić information content (AvgIpc) is 2.77. The van der Waals surface area contributed by atoms with E-state index in [1.165, 1.54) is 6.07 Å². The molecular formula is C24H23ClN2O3. The van der Waals surface area contributed by atoms with Crippen LogP contribution in [0.5, 0.6) is 5.75 Å². The molecule has 2 amide bonds. The molecule has 0 aromatic heterocycles. The number of ether oxygens (including phenoxy) is 1. The van der Waals surface area contributed by atoms with Crippen molar-refractivity contribution < 1.29 is 14.3 Å². The molecule has 1 atom stereocenters. The van der Waals surface area contributed by atoms with Crippen LogP contribution in [0.2, 0.25) is 5.02 Å². The summed E-state index contributed by atoms with van der Waals surface area (Å²) in [5.41, 5.74) is 2.06. The molecule has 0 heterocycles. The van der Waals surface area contributed by atoms with Crippen molar-refractivity contribution in [3.63, 3.8) is 0 Å². The number of para-hydroxylation sites is 1. The number of amides is 2. The third kappa shape index (κ3) is 6.09. The Balaban J connectivity index is 1.58. The van der Waals surface area contributed by atoms with E-state index in [9.17, 15) is 9.59 Å². The van der Waals surface area contributed by atoms with E-state index in [1.54, 1.807) is 24.3 Å². The molecule has 154 valence electrons. The number of hydrogen-bond acceptors (Lipinski definition) is 3. The van der Waals surface area contributed by atoms with E-state index >= 15 is 0 Å². The second kappa shape index (κ2) is 10.5. The lowest BCUT2D eigenvalue weighted by atomic mass is 10.0. The van der Waals surface area contributed by atoms with Crippen molar-refractivity contribution in [1.29, 1.82) is 0 Å². The minimum absolute atomic E-state index is 0.179. The van der Waals surface area contributed by atoms with Gasteiger partial charge in [0.05, 0.1) is 5.56 Å². The van der Waals surface area contributed by atoms with Gasteiger partial charge in [-0.05, 0) is 41.8 Å². The summed E-state index contributed by atoms with van der Waals surface area (Å²) in [6.07, 6.45) is 0. The highest BCUT2D eigenvalue weighted by Gasteiger charge is 2.15. The predicted octanol–water partition coefficient (Wildman–Crippen LogP) is 4.89. The van der Waals surface area contributed by atoms with Crippen LogP contribution in [0.15, 0.2) is 78.9 Å². The maximum Gasteiger partial charge on any atom is 0.259 e. The summed E-state index contributed by atoms with van der Waals surface area (Å²) in [5.74, 6) is -0.157. The van der Waals surface area contributed by atoms with Crippen molar-refractivity contribution in [3.05, 3.63) is 95.0 Å². The van der Waals surface area contributed by atoms with Gasteiger partial charge in [-0.15, -0.1) is 0 Å². The minimum atomic E-state index is -0.364. The summed E-state index contributed by atoms with van der Waals surface area (Å²) >= 11 is 6.05. The summed E-state index contributed by atoms with van der Waals surface area (Å²) < 4.78 is 5.62. The second-order valence-electron chi connectivity index (χ2n) is 6.87. The highest BCUT2D eigenvalue weighted by molar-refractivity contribution is 6.31. The third-order valence-electron chi connectivity index (χ3n) is 4.55. The van der Waals surface area contributed by atoms with Gasteiger partial charge in [-0.1, -0.05) is 67.1 Å². The fourth-order valence-corrected chi connectivity index (χ4v) is 3.06. The first-order valence-corrected chi connectivity index (χ1v) is 10.0. The first-order valence-electron chi connectivity index (χ1n) is 9.63. The number of nitrogens with one attached hydrogen (secondary N) is 2. The van der Waals surface area contributed by atoms with E-state index in [0.717, 1.165) is 5.56 Å². The Morgan fingerprint density at radius 1 is 0.967 bits per heavy atom. The number of benzene rings is 3. The first-order chi connectivity index (χ1) is 14.5. The minimum Gasteiger partial charge on any atom is -0.483 e. The molecule has 2 N–H and O–H groups in total. The molecule has 0 aliphatic rings. The molecule has 0 aliphatic carbocycles. The fraction of sp³-hybridized carbons (Fsp3) is 0.167. The van der Waals surface area contributed by atoms with E-state index in [2.05, 4.69) is 10.6 Å². The van der Waals surface area contributed by atoms with Crippen LogP contribution in [-0.4, -0.2) is 25.0 Å². The predicted molar refractivity (Wildman–Crippen MR) is 119 cm³/mol. The van der Waals surface area contributed by atoms with Gasteiger partial charge in [0.25, 0.3) is 11.8 Å². The number of anilines is 1. The van der Waals surface area contributed by atoms with Crippen molar-refractivity contribution in [1.82, 2.24) is 5.32 Å². The van der Waals surface area contributed by atoms with E-state index in [0.29, 0.717) is 23.0 Å². The zero-order valence-corrected chi connectivity index (χ0v) is 17.4. The highest BCUT2D eigenvalue weighted by atomic mass is 35.5. The molecule has 0 saturated carbocycles. The summed E-state index contributed by atoms with van der Waals surface area (Å²) in [4.78, 5) is 24.9. The zero-order chi connectivity index (χ0) is 21.3. The Morgan fingerprint density at radius 2 is 1.63 bits per heavy atom. The Labute approximate surface area is 181 Å². The van der Waals surface area contributed by atoms with Gasteiger partial charge in [-0.2, -0.15) is 0 Å². The number of halogens is 1. The molecule has 0 fully saturated rings. The van der Waals surface area contributed by atoms with E-state index in [4.69, 9.17) is 16.3 Å². The summed E-state index contributed by atoms with van der Waals surface area (Å²) in [7, 11) is 0. The van der Waals surface area contributed by atoms with Crippen molar-refractivity contribution in [2.24, 2.45) is 0 Å². The maximum atomic E-state index is 12.7. The topological polar surface area (TPSA) is 67.4 Å². The zero-order valence-electron chi connectivity index (χ0n) is 16.6. The SMILES string of the molecule is CC(CNC(=O)COc1ccc(Cl)cc1C(=O)Nc1ccccc1)c1ccccc1. The molecule has 1 unspecified atom stereocenters. The van der Waals surface area contributed by atoms with Gasteiger partial charge in [-0.3, -0.25) is 9.59 Å². The average molecular weight is 423 g/mol. The number of carbonyl (C=O) groups is 2. The molecule has 3 aromatic carbocycles. The molecule has 5 nitrogen and oxygen atoms in total. The smallest absolute Gasteiger partial charge is 0.259 e. The largest absolute Gasteiger partial charge is 0.483 e. The summed E-state index contributed by atoms with van der Waals surface area (Å²) in [6.45, 7) is 2.34. The van der Waals surface area contributed by atoms with E-state index in [-0.39, 0.29) is 29.9 Å². The van der Waals surface area contributed by atoms with Gasteiger partial charge < -0.3 is 15.4 Å². The van der Waals surface area contributed by atoms with Crippen LogP contribution >= 0.6 is 11.6 Å². The van der Waals surface area contributed by atoms with Gasteiger partial charge in [0.2, 0.25) is 0 Å². The normalized spacial score (nSPS) is 11.4. The Bertz CT molecular complexity index is 994. The molecule has 0 bridgehead atoms. The number of carbonyl (C=O) groups excluding carboxylic acids is 2. The van der Waals surface area contributed by atoms with E-state index < -0.39 is 0 Å². The Kier molecular flexibility index (Phi) is 7.46. The van der Waals surface area contributed by atoms with Crippen molar-refractivity contribution in [2.45, 2.75) is 12.8 Å². The standard InChI is InChI=1S/C24H23ClN2O3/c1-17(18-8-4-2-5-9-18)15-26-23(28)16-30-22-13-12-19(25)14-21(22)24(29)27-20-10-6-3-7-11-20/h2-14,17H,15-16H2,1H3,(H,26,28)(H,27,29). The lowest BCUT2D eigenvalue weighted by Crippen LogP contribution is -2.32. The van der Waals surface area contributed by atoms with Gasteiger partial charge in [0, 0.05) is 17.3 Å². The van der Waals surface area contributed by atoms with Crippen LogP contribution in [0.1, 0.15) is 28.8 Å². The molecule has 3 rings (SSSR count). The second-order valence-corrected chi connectivity index (χ2v) is 7.30. The molecule has 6 heteroatoms. The lowest BCUT2D eigenvalue weighted by Gasteiger charge is -2.15. The molecule has 0 saturated heterocycles. The molecule has 30 heavy (non-hydrogen) atoms. The maximum absolute atomic E-state index is 12.7. The van der Waals surface area contributed by atoms with Gasteiger partial charge in [0.1, 0.15) is 5.75 Å². The van der Waals surface area contributed by atoms with Crippen molar-refractivity contribution >= 4 is 29.1 Å². The molecular weight excluding hydrogens is 400 g/mol. The molecule has 0 spiro atoms. The van der Waals surface area contributed by atoms with Crippen LogP contribution < -0.4 is 15.4 Å². The molecule has 3 aromatic rings. The van der Waals surface area contributed by atoms with Gasteiger partial charge in [0.15, 0.2) is 6.61 Å². The van der Waals surface area contributed by atoms with Crippen LogP contribution in [0.4, 0.5) is 5.69 Å². The summed E-state index contributed by atoms with van der Waals surface area (Å²) in [6, 6.07) is 23.8. The Hall–Kier alpha value is -3.31. The van der Waals surface area contributed by atoms with Crippen LogP contribution in [0, 0.1) is 0 Å². The summed E-state index contributed by atoms with van der Waals surface area (Å²) in [5, 5.41) is 6.06. The van der Waals surface area contributed by atoms with Gasteiger partial charge in [-0.25, -0.2) is 0 Å². The van der Waals surface area contributed by atoms with Crippen molar-refractivity contribution in [2.75, 3.05) is 18.5 Å². The molecule has 0 radical (unpaired) electrons. The first kappa shape index (κ1) is 21.4. The number of hydrogen-bond donors (Lipinski definition) is 2. The molecule has 0 aliphatic heterocycles.